The highest BCUT2D eigenvalue weighted by molar-refractivity contribution is 5.46. The molecule has 2 N–H and O–H groups in total. The number of pyridine rings is 1. The lowest BCUT2D eigenvalue weighted by Gasteiger charge is -2.36. The van der Waals surface area contributed by atoms with Gasteiger partial charge >= 0.3 is 0 Å². The second-order valence-electron chi connectivity index (χ2n) is 5.16. The van der Waals surface area contributed by atoms with E-state index < -0.39 is 0 Å². The first kappa shape index (κ1) is 10.8. The molecule has 0 spiro atoms. The number of aromatic nitrogens is 1. The molecule has 0 aromatic carbocycles. The zero-order chi connectivity index (χ0) is 11.8. The molecule has 1 aromatic heterocycles. The van der Waals surface area contributed by atoms with Crippen molar-refractivity contribution in [1.82, 2.24) is 9.88 Å². The van der Waals surface area contributed by atoms with Gasteiger partial charge in [0.1, 0.15) is 6.10 Å². The number of nitrogen functional groups attached to an aromatic ring is 1. The van der Waals surface area contributed by atoms with Crippen molar-refractivity contribution in [3.63, 3.8) is 0 Å². The lowest BCUT2D eigenvalue weighted by atomic mass is 10.0. The van der Waals surface area contributed by atoms with Crippen molar-refractivity contribution in [3.05, 3.63) is 18.3 Å². The molecule has 0 saturated carbocycles. The van der Waals surface area contributed by atoms with Crippen LogP contribution in [0.5, 0.6) is 5.88 Å². The second kappa shape index (κ2) is 4.18. The maximum Gasteiger partial charge on any atom is 0.237 e. The normalized spacial score (nSPS) is 32.6. The van der Waals surface area contributed by atoms with E-state index >= 15 is 0 Å². The van der Waals surface area contributed by atoms with Crippen LogP contribution in [0.1, 0.15) is 25.7 Å². The van der Waals surface area contributed by atoms with Crippen molar-refractivity contribution in [2.45, 2.75) is 43.9 Å². The molecule has 1 aromatic rings. The van der Waals surface area contributed by atoms with Gasteiger partial charge in [-0.3, -0.25) is 0 Å². The average Bonchev–Trinajstić information content (AvgIpc) is 2.55. The molecule has 2 aliphatic heterocycles. The van der Waals surface area contributed by atoms with Crippen LogP contribution < -0.4 is 10.5 Å². The van der Waals surface area contributed by atoms with Gasteiger partial charge in [-0.25, -0.2) is 4.98 Å². The predicted molar refractivity (Wildman–Crippen MR) is 66.9 cm³/mol. The molecule has 0 radical (unpaired) electrons. The van der Waals surface area contributed by atoms with Gasteiger partial charge in [0.2, 0.25) is 5.88 Å². The standard InChI is InChI=1S/C13H19N3O/c1-16-9-4-5-10(16)8-11(7-9)17-13-12(14)3-2-6-15-13/h2-3,6,9-11H,4-5,7-8,14H2,1H3/t9-,10-/m0/s1. The van der Waals surface area contributed by atoms with E-state index in [4.69, 9.17) is 10.5 Å². The summed E-state index contributed by atoms with van der Waals surface area (Å²) in [6.45, 7) is 0. The van der Waals surface area contributed by atoms with Gasteiger partial charge in [-0.1, -0.05) is 0 Å². The zero-order valence-electron chi connectivity index (χ0n) is 10.2. The summed E-state index contributed by atoms with van der Waals surface area (Å²) in [7, 11) is 2.23. The van der Waals surface area contributed by atoms with Crippen LogP contribution in [-0.4, -0.2) is 35.1 Å². The third-order valence-electron chi connectivity index (χ3n) is 4.13. The molecule has 0 aliphatic carbocycles. The molecule has 17 heavy (non-hydrogen) atoms. The molecule has 92 valence electrons. The van der Waals surface area contributed by atoms with Crippen molar-refractivity contribution in [1.29, 1.82) is 0 Å². The van der Waals surface area contributed by atoms with Crippen LogP contribution in [0.25, 0.3) is 0 Å². The number of fused-ring (bicyclic) bond motifs is 2. The quantitative estimate of drug-likeness (QED) is 0.844. The van der Waals surface area contributed by atoms with Crippen molar-refractivity contribution < 1.29 is 4.74 Å². The molecule has 0 unspecified atom stereocenters. The summed E-state index contributed by atoms with van der Waals surface area (Å²) in [6, 6.07) is 5.04. The molecule has 4 nitrogen and oxygen atoms in total. The second-order valence-corrected chi connectivity index (χ2v) is 5.16. The van der Waals surface area contributed by atoms with Gasteiger partial charge in [0.25, 0.3) is 0 Å². The minimum atomic E-state index is 0.279. The summed E-state index contributed by atoms with van der Waals surface area (Å²) in [6.07, 6.45) is 6.82. The first-order chi connectivity index (χ1) is 8.24. The fraction of sp³-hybridized carbons (Fsp3) is 0.615. The maximum atomic E-state index is 5.95. The van der Waals surface area contributed by atoms with E-state index in [1.807, 2.05) is 12.1 Å². The van der Waals surface area contributed by atoms with Crippen LogP contribution in [0.4, 0.5) is 5.69 Å². The Morgan fingerprint density at radius 2 is 2.06 bits per heavy atom. The number of nitrogens with two attached hydrogens (primary N) is 1. The largest absolute Gasteiger partial charge is 0.473 e. The van der Waals surface area contributed by atoms with Gasteiger partial charge in [0.05, 0.1) is 5.69 Å². The summed E-state index contributed by atoms with van der Waals surface area (Å²) < 4.78 is 5.95. The molecule has 2 atom stereocenters. The topological polar surface area (TPSA) is 51.4 Å². The lowest BCUT2D eigenvalue weighted by Crippen LogP contribution is -2.43. The molecule has 4 heteroatoms. The first-order valence-electron chi connectivity index (χ1n) is 6.33. The summed E-state index contributed by atoms with van der Waals surface area (Å²) in [5.41, 5.74) is 6.49. The molecule has 3 rings (SSSR count). The minimum absolute atomic E-state index is 0.279. The van der Waals surface area contributed by atoms with E-state index in [0.717, 1.165) is 12.8 Å². The Labute approximate surface area is 102 Å². The van der Waals surface area contributed by atoms with Crippen LogP contribution in [-0.2, 0) is 0 Å². The molecule has 3 heterocycles. The Morgan fingerprint density at radius 1 is 1.35 bits per heavy atom. The highest BCUT2D eigenvalue weighted by atomic mass is 16.5. The van der Waals surface area contributed by atoms with Gasteiger partial charge in [0.15, 0.2) is 0 Å². The Hall–Kier alpha value is -1.29. The number of ether oxygens (including phenoxy) is 1. The van der Waals surface area contributed by atoms with Crippen LogP contribution in [0, 0.1) is 0 Å². The van der Waals surface area contributed by atoms with Gasteiger partial charge in [-0.2, -0.15) is 0 Å². The highest BCUT2D eigenvalue weighted by Crippen LogP contribution is 2.36. The molecule has 2 saturated heterocycles. The predicted octanol–water partition coefficient (Wildman–Crippen LogP) is 1.67. The monoisotopic (exact) mass is 233 g/mol. The highest BCUT2D eigenvalue weighted by Gasteiger charge is 2.39. The Balaban J connectivity index is 1.70. The van der Waals surface area contributed by atoms with Crippen LogP contribution in [0.15, 0.2) is 18.3 Å². The summed E-state index contributed by atoms with van der Waals surface area (Å²) >= 11 is 0. The van der Waals surface area contributed by atoms with E-state index in [0.29, 0.717) is 23.7 Å². The maximum absolute atomic E-state index is 5.95. The molecule has 2 aliphatic rings. The average molecular weight is 233 g/mol. The van der Waals surface area contributed by atoms with E-state index in [2.05, 4.69) is 16.9 Å². The van der Waals surface area contributed by atoms with E-state index in [1.165, 1.54) is 12.8 Å². The Morgan fingerprint density at radius 3 is 2.71 bits per heavy atom. The zero-order valence-corrected chi connectivity index (χ0v) is 10.2. The van der Waals surface area contributed by atoms with E-state index in [9.17, 15) is 0 Å². The smallest absolute Gasteiger partial charge is 0.237 e. The summed E-state index contributed by atoms with van der Waals surface area (Å²) in [5, 5.41) is 0. The molecular weight excluding hydrogens is 214 g/mol. The van der Waals surface area contributed by atoms with Crippen molar-refractivity contribution in [3.8, 4) is 5.88 Å². The summed E-state index contributed by atoms with van der Waals surface area (Å²) in [5.74, 6) is 0.599. The number of anilines is 1. The number of rotatable bonds is 2. The number of hydrogen-bond donors (Lipinski definition) is 1. The third kappa shape index (κ3) is 1.97. The first-order valence-corrected chi connectivity index (χ1v) is 6.33. The van der Waals surface area contributed by atoms with Gasteiger partial charge in [-0.15, -0.1) is 0 Å². The minimum Gasteiger partial charge on any atom is -0.473 e. The van der Waals surface area contributed by atoms with Crippen molar-refractivity contribution in [2.24, 2.45) is 0 Å². The Bertz CT molecular complexity index is 395. The lowest BCUT2D eigenvalue weighted by molar-refractivity contribution is 0.0638. The third-order valence-corrected chi connectivity index (χ3v) is 4.13. The number of nitrogens with zero attached hydrogens (tertiary/aromatic N) is 2. The van der Waals surface area contributed by atoms with Crippen LogP contribution in [0.3, 0.4) is 0 Å². The van der Waals surface area contributed by atoms with Crippen LogP contribution in [0.2, 0.25) is 0 Å². The summed E-state index contributed by atoms with van der Waals surface area (Å²) in [4.78, 5) is 6.70. The van der Waals surface area contributed by atoms with Gasteiger partial charge in [-0.05, 0) is 44.9 Å². The fourth-order valence-corrected chi connectivity index (χ4v) is 3.12. The number of piperidine rings is 1. The molecule has 2 fully saturated rings. The van der Waals surface area contributed by atoms with Gasteiger partial charge < -0.3 is 15.4 Å². The fourth-order valence-electron chi connectivity index (χ4n) is 3.12. The molecular formula is C13H19N3O. The van der Waals surface area contributed by atoms with E-state index in [1.54, 1.807) is 6.20 Å². The Kier molecular flexibility index (Phi) is 2.67. The van der Waals surface area contributed by atoms with Crippen molar-refractivity contribution in [2.75, 3.05) is 12.8 Å². The number of hydrogen-bond acceptors (Lipinski definition) is 4. The molecule has 2 bridgehead atoms. The van der Waals surface area contributed by atoms with Crippen molar-refractivity contribution >= 4 is 5.69 Å². The van der Waals surface area contributed by atoms with E-state index in [-0.39, 0.29) is 6.10 Å². The van der Waals surface area contributed by atoms with Gasteiger partial charge in [0, 0.05) is 18.3 Å². The molecule has 0 amide bonds. The SMILES string of the molecule is CN1[C@H]2CC[C@H]1CC(Oc1ncccc1N)C2. The van der Waals surface area contributed by atoms with Crippen LogP contribution >= 0.6 is 0 Å².